The lowest BCUT2D eigenvalue weighted by atomic mass is 10.1. The molecule has 1 saturated heterocycles. The van der Waals surface area contributed by atoms with Crippen LogP contribution in [0.25, 0.3) is 17.2 Å². The quantitative estimate of drug-likeness (QED) is 0.250. The zero-order chi connectivity index (χ0) is 36.9. The van der Waals surface area contributed by atoms with Crippen LogP contribution in [0.3, 0.4) is 0 Å². The third kappa shape index (κ3) is 6.38. The SMILES string of the molecule is CCc1c(N2CCN(C(=O)c3ncnc(C)c3O)CC2)c(=O)n2nc(-c3cnc4c(c3)COC4)nc2n1CC(=O)Nc1ccc(C(F)(F)F)cc1Cl. The van der Waals surface area contributed by atoms with Gasteiger partial charge in [0, 0.05) is 43.5 Å². The number of amides is 2. The number of benzene rings is 1. The van der Waals surface area contributed by atoms with E-state index in [1.807, 2.05) is 6.07 Å². The second-order valence-corrected chi connectivity index (χ2v) is 12.6. The highest BCUT2D eigenvalue weighted by Gasteiger charge is 2.32. The van der Waals surface area contributed by atoms with Gasteiger partial charge in [-0.1, -0.05) is 18.5 Å². The molecule has 1 aromatic carbocycles. The highest BCUT2D eigenvalue weighted by Crippen LogP contribution is 2.34. The molecule has 2 N–H and O–H groups in total. The van der Waals surface area contributed by atoms with E-state index in [0.717, 1.165) is 34.0 Å². The summed E-state index contributed by atoms with van der Waals surface area (Å²) in [6, 6.07) is 4.43. The molecule has 5 aromatic rings. The Morgan fingerprint density at radius 2 is 1.85 bits per heavy atom. The van der Waals surface area contributed by atoms with Gasteiger partial charge in [0.05, 0.1) is 46.6 Å². The summed E-state index contributed by atoms with van der Waals surface area (Å²) in [6.45, 7) is 4.48. The van der Waals surface area contributed by atoms with Crippen LogP contribution in [0.15, 0.2) is 41.6 Å². The molecule has 4 aromatic heterocycles. The minimum absolute atomic E-state index is 0.0331. The Labute approximate surface area is 297 Å². The maximum atomic E-state index is 14.3. The maximum absolute atomic E-state index is 14.3. The van der Waals surface area contributed by atoms with Crippen molar-refractivity contribution in [2.75, 3.05) is 36.4 Å². The van der Waals surface area contributed by atoms with Crippen LogP contribution in [-0.2, 0) is 41.9 Å². The minimum atomic E-state index is -4.62. The summed E-state index contributed by atoms with van der Waals surface area (Å²) < 4.78 is 47.8. The Morgan fingerprint density at radius 3 is 2.56 bits per heavy atom. The second kappa shape index (κ2) is 13.5. The normalized spacial score (nSPS) is 14.6. The lowest BCUT2D eigenvalue weighted by Gasteiger charge is -2.36. The molecular weight excluding hydrogens is 709 g/mol. The maximum Gasteiger partial charge on any atom is 0.416 e. The topological polar surface area (TPSA) is 173 Å². The summed E-state index contributed by atoms with van der Waals surface area (Å²) in [7, 11) is 0. The number of carbonyl (C=O) groups is 2. The number of piperazine rings is 1. The number of carbonyl (C=O) groups excluding carboxylic acids is 2. The van der Waals surface area contributed by atoms with Crippen LogP contribution in [0, 0.1) is 6.92 Å². The number of nitrogens with one attached hydrogen (secondary N) is 1. The van der Waals surface area contributed by atoms with E-state index in [2.05, 4.69) is 30.4 Å². The first-order valence-electron chi connectivity index (χ1n) is 16.1. The number of halogens is 4. The number of hydrogen-bond donors (Lipinski definition) is 2. The summed E-state index contributed by atoms with van der Waals surface area (Å²) in [5, 5.41) is 17.2. The largest absolute Gasteiger partial charge is 0.504 e. The number of pyridine rings is 1. The molecule has 6 heterocycles. The molecule has 0 unspecified atom stereocenters. The molecule has 0 aliphatic carbocycles. The van der Waals surface area contributed by atoms with E-state index in [9.17, 15) is 32.7 Å². The first-order valence-corrected chi connectivity index (χ1v) is 16.5. The van der Waals surface area contributed by atoms with Crippen molar-refractivity contribution in [3.63, 3.8) is 0 Å². The van der Waals surface area contributed by atoms with Gasteiger partial charge < -0.3 is 29.5 Å². The fourth-order valence-electron chi connectivity index (χ4n) is 6.26. The molecule has 2 aliphatic rings. The fourth-order valence-corrected chi connectivity index (χ4v) is 6.49. The molecule has 0 radical (unpaired) electrons. The highest BCUT2D eigenvalue weighted by atomic mass is 35.5. The fraction of sp³-hybridized carbons (Fsp3) is 0.333. The van der Waals surface area contributed by atoms with E-state index >= 15 is 0 Å². The third-order valence-electron chi connectivity index (χ3n) is 8.94. The predicted molar refractivity (Wildman–Crippen MR) is 180 cm³/mol. The van der Waals surface area contributed by atoms with Gasteiger partial charge in [0.25, 0.3) is 11.5 Å². The number of anilines is 2. The van der Waals surface area contributed by atoms with Crippen LogP contribution < -0.4 is 15.8 Å². The van der Waals surface area contributed by atoms with E-state index in [0.29, 0.717) is 24.5 Å². The average Bonchev–Trinajstić information content (AvgIpc) is 3.79. The number of aromatic nitrogens is 7. The molecule has 0 bridgehead atoms. The first kappa shape index (κ1) is 34.8. The summed E-state index contributed by atoms with van der Waals surface area (Å²) in [4.78, 5) is 61.3. The first-order chi connectivity index (χ1) is 24.8. The van der Waals surface area contributed by atoms with Crippen LogP contribution >= 0.6 is 11.6 Å². The molecule has 7 rings (SSSR count). The Morgan fingerprint density at radius 1 is 1.08 bits per heavy atom. The van der Waals surface area contributed by atoms with Crippen molar-refractivity contribution in [3.8, 4) is 17.1 Å². The Kier molecular flexibility index (Phi) is 9.04. The van der Waals surface area contributed by atoms with Crippen molar-refractivity contribution < 1.29 is 32.6 Å². The van der Waals surface area contributed by atoms with Crippen LogP contribution in [0.4, 0.5) is 24.5 Å². The summed E-state index contributed by atoms with van der Waals surface area (Å²) in [5.74, 6) is -1.22. The average molecular weight is 739 g/mol. The van der Waals surface area contributed by atoms with Gasteiger partial charge in [-0.05, 0) is 37.6 Å². The zero-order valence-electron chi connectivity index (χ0n) is 27.7. The van der Waals surface area contributed by atoms with Crippen molar-refractivity contribution in [1.29, 1.82) is 0 Å². The van der Waals surface area contributed by atoms with Gasteiger partial charge in [-0.3, -0.25) is 19.4 Å². The smallest absolute Gasteiger partial charge is 0.416 e. The summed E-state index contributed by atoms with van der Waals surface area (Å²) >= 11 is 6.12. The number of aromatic hydroxyl groups is 1. The molecule has 15 nitrogen and oxygen atoms in total. The van der Waals surface area contributed by atoms with E-state index < -0.39 is 35.7 Å². The van der Waals surface area contributed by atoms with Crippen molar-refractivity contribution in [2.24, 2.45) is 0 Å². The van der Waals surface area contributed by atoms with Gasteiger partial charge in [0.2, 0.25) is 11.7 Å². The van der Waals surface area contributed by atoms with Crippen molar-refractivity contribution in [1.82, 2.24) is 39.0 Å². The third-order valence-corrected chi connectivity index (χ3v) is 9.25. The number of rotatable bonds is 7. The van der Waals surface area contributed by atoms with Gasteiger partial charge in [-0.25, -0.2) is 9.97 Å². The number of nitrogens with zero attached hydrogens (tertiary/aromatic N) is 9. The molecule has 2 aliphatic heterocycles. The van der Waals surface area contributed by atoms with Crippen LogP contribution in [0.1, 0.15) is 45.6 Å². The van der Waals surface area contributed by atoms with Gasteiger partial charge >= 0.3 is 6.18 Å². The van der Waals surface area contributed by atoms with Crippen molar-refractivity contribution >= 4 is 40.6 Å². The van der Waals surface area contributed by atoms with E-state index in [1.54, 1.807) is 24.9 Å². The van der Waals surface area contributed by atoms with Crippen molar-refractivity contribution in [3.05, 3.63) is 86.1 Å². The van der Waals surface area contributed by atoms with Gasteiger partial charge in [-0.15, -0.1) is 5.10 Å². The molecule has 1 fully saturated rings. The van der Waals surface area contributed by atoms with Gasteiger partial charge in [-0.2, -0.15) is 22.7 Å². The zero-order valence-corrected chi connectivity index (χ0v) is 28.5. The molecule has 2 amide bonds. The molecule has 0 spiro atoms. The van der Waals surface area contributed by atoms with Gasteiger partial charge in [0.15, 0.2) is 17.3 Å². The molecule has 0 atom stereocenters. The molecular formula is C33H30ClF3N10O5. The van der Waals surface area contributed by atoms with Crippen LogP contribution in [-0.4, -0.2) is 82.1 Å². The monoisotopic (exact) mass is 738 g/mol. The Hall–Kier alpha value is -5.62. The lowest BCUT2D eigenvalue weighted by Crippen LogP contribution is -2.51. The molecule has 0 saturated carbocycles. The van der Waals surface area contributed by atoms with E-state index in [4.69, 9.17) is 16.3 Å². The Bertz CT molecular complexity index is 2300. The standard InChI is InChI=1S/C33H30ClF3N10O5/c1-3-24-27(44-6-8-45(9-7-44)30(50)26-28(49)17(2)39-16-40-26)31(51)47-32(42-29(43-47)18-10-19-14-52-15-23(19)38-12-18)46(24)13-25(48)41-22-5-4-20(11-21(22)34)33(35,36)37/h4-5,10-12,16,49H,3,6-9,13-15H2,1-2H3,(H,41,48). The summed E-state index contributed by atoms with van der Waals surface area (Å²) in [5.41, 5.74) is 1.47. The van der Waals surface area contributed by atoms with Gasteiger partial charge in [0.1, 0.15) is 18.6 Å². The number of hydrogen-bond acceptors (Lipinski definition) is 11. The second-order valence-electron chi connectivity index (χ2n) is 12.2. The number of alkyl halides is 3. The predicted octanol–water partition coefficient (Wildman–Crippen LogP) is 3.62. The highest BCUT2D eigenvalue weighted by molar-refractivity contribution is 6.33. The lowest BCUT2D eigenvalue weighted by molar-refractivity contribution is -0.137. The Balaban J connectivity index is 1.25. The number of aryl methyl sites for hydroxylation is 1. The number of ether oxygens (including phenoxy) is 1. The molecule has 19 heteroatoms. The molecule has 270 valence electrons. The van der Waals surface area contributed by atoms with E-state index in [1.165, 1.54) is 15.8 Å². The molecule has 52 heavy (non-hydrogen) atoms. The van der Waals surface area contributed by atoms with Crippen LogP contribution in [0.5, 0.6) is 5.75 Å². The number of fused-ring (bicyclic) bond motifs is 2. The van der Waals surface area contributed by atoms with E-state index in [-0.39, 0.29) is 77.7 Å². The van der Waals surface area contributed by atoms with Crippen molar-refractivity contribution in [2.45, 2.75) is 46.2 Å². The van der Waals surface area contributed by atoms with Crippen LogP contribution in [0.2, 0.25) is 5.02 Å². The summed E-state index contributed by atoms with van der Waals surface area (Å²) in [6.07, 6.45) is -1.58. The minimum Gasteiger partial charge on any atom is -0.504 e.